The van der Waals surface area contributed by atoms with Gasteiger partial charge in [-0.05, 0) is 101 Å². The van der Waals surface area contributed by atoms with Crippen LogP contribution in [0.2, 0.25) is 0 Å². The number of nitrogens with one attached hydrogen (secondary N) is 1. The van der Waals surface area contributed by atoms with E-state index in [-0.39, 0.29) is 17.9 Å². The van der Waals surface area contributed by atoms with Gasteiger partial charge in [0.25, 0.3) is 0 Å². The first kappa shape index (κ1) is 22.4. The van der Waals surface area contributed by atoms with Crippen LogP contribution in [0.5, 0.6) is 0 Å². The summed E-state index contributed by atoms with van der Waals surface area (Å²) in [5.74, 6) is 0.579. The summed E-state index contributed by atoms with van der Waals surface area (Å²) in [6.45, 7) is 4.29. The quantitative estimate of drug-likeness (QED) is 0.407. The molecule has 1 unspecified atom stereocenters. The highest BCUT2D eigenvalue weighted by molar-refractivity contribution is 5.79. The highest BCUT2D eigenvalue weighted by Gasteiger charge is 2.44. The second kappa shape index (κ2) is 8.55. The number of rotatable bonds is 6. The molecule has 2 aromatic carbocycles. The molecule has 2 heterocycles. The van der Waals surface area contributed by atoms with Crippen LogP contribution in [0.25, 0.3) is 22.5 Å². The normalized spacial score (nSPS) is 20.2. The summed E-state index contributed by atoms with van der Waals surface area (Å²) in [5.41, 5.74) is 9.61. The van der Waals surface area contributed by atoms with Gasteiger partial charge in [0.05, 0.1) is 19.0 Å². The van der Waals surface area contributed by atoms with Crippen molar-refractivity contribution in [3.8, 4) is 22.5 Å². The number of pyridine rings is 1. The molecule has 182 valence electrons. The number of aliphatic carboxylic acids is 1. The van der Waals surface area contributed by atoms with Crippen LogP contribution in [-0.2, 0) is 18.3 Å². The lowest BCUT2D eigenvalue weighted by Gasteiger charge is -2.18. The standard InChI is InChI=1S/C28H28N6O2/c1-15-11-18(27-31-33-34(3)32-27)12-16(2)26(15)21-6-4-5-20-19(21)8-9-24(20)30-25-10-7-17(14-29-25)22-13-23(22)28(35)36/h4-7,10-12,14,22-24H,8-9,13H2,1-3H3,(H,29,30)(H,35,36)/t22?,23-,24-/m1/s1. The van der Waals surface area contributed by atoms with Crippen molar-refractivity contribution in [3.63, 3.8) is 0 Å². The van der Waals surface area contributed by atoms with Crippen molar-refractivity contribution in [2.45, 2.75) is 45.1 Å². The predicted molar refractivity (Wildman–Crippen MR) is 137 cm³/mol. The topological polar surface area (TPSA) is 106 Å². The lowest BCUT2D eigenvalue weighted by Crippen LogP contribution is -2.08. The molecule has 2 aromatic heterocycles. The van der Waals surface area contributed by atoms with Crippen molar-refractivity contribution in [2.24, 2.45) is 13.0 Å². The van der Waals surface area contributed by atoms with Crippen LogP contribution in [0.15, 0.2) is 48.7 Å². The van der Waals surface area contributed by atoms with Crippen molar-refractivity contribution in [2.75, 3.05) is 5.32 Å². The third-order valence-corrected chi connectivity index (χ3v) is 7.48. The summed E-state index contributed by atoms with van der Waals surface area (Å²) in [7, 11) is 1.77. The number of aromatic nitrogens is 5. The molecule has 1 fully saturated rings. The Balaban J connectivity index is 1.25. The fourth-order valence-electron chi connectivity index (χ4n) is 5.68. The summed E-state index contributed by atoms with van der Waals surface area (Å²) < 4.78 is 0. The Bertz CT molecular complexity index is 1450. The molecule has 8 heteroatoms. The fraction of sp³-hybridized carbons (Fsp3) is 0.321. The Morgan fingerprint density at radius 2 is 1.94 bits per heavy atom. The average Bonchev–Trinajstić information content (AvgIpc) is 3.39. The predicted octanol–water partition coefficient (Wildman–Crippen LogP) is 4.84. The van der Waals surface area contributed by atoms with Gasteiger partial charge >= 0.3 is 5.97 Å². The van der Waals surface area contributed by atoms with E-state index in [0.717, 1.165) is 29.8 Å². The maximum atomic E-state index is 11.2. The van der Waals surface area contributed by atoms with Crippen LogP contribution in [0, 0.1) is 19.8 Å². The SMILES string of the molecule is Cc1cc(-c2nnn(C)n2)cc(C)c1-c1cccc2c1CC[C@H]2Nc1ccc(C2C[C@H]2C(=O)O)cn1. The Labute approximate surface area is 209 Å². The molecule has 0 saturated heterocycles. The Hall–Kier alpha value is -4.07. The van der Waals surface area contributed by atoms with Crippen molar-refractivity contribution >= 4 is 11.8 Å². The van der Waals surface area contributed by atoms with Gasteiger partial charge in [0, 0.05) is 11.8 Å². The molecule has 8 nitrogen and oxygen atoms in total. The minimum Gasteiger partial charge on any atom is -0.481 e. The van der Waals surface area contributed by atoms with E-state index in [9.17, 15) is 9.90 Å². The number of fused-ring (bicyclic) bond motifs is 1. The van der Waals surface area contributed by atoms with Gasteiger partial charge in [-0.1, -0.05) is 24.3 Å². The summed E-state index contributed by atoms with van der Waals surface area (Å²) >= 11 is 0. The highest BCUT2D eigenvalue weighted by Crippen LogP contribution is 2.47. The first-order valence-electron chi connectivity index (χ1n) is 12.3. The molecule has 0 amide bonds. The van der Waals surface area contributed by atoms with Gasteiger partial charge in [-0.3, -0.25) is 4.79 Å². The molecule has 2 N–H and O–H groups in total. The van der Waals surface area contributed by atoms with Crippen LogP contribution < -0.4 is 5.32 Å². The molecular formula is C28H28N6O2. The molecule has 1 saturated carbocycles. The number of carboxylic acids is 1. The Morgan fingerprint density at radius 3 is 2.58 bits per heavy atom. The minimum absolute atomic E-state index is 0.0985. The van der Waals surface area contributed by atoms with E-state index in [1.165, 1.54) is 38.2 Å². The molecule has 0 radical (unpaired) electrons. The van der Waals surface area contributed by atoms with E-state index in [2.05, 4.69) is 69.9 Å². The average molecular weight is 481 g/mol. The lowest BCUT2D eigenvalue weighted by molar-refractivity contribution is -0.138. The van der Waals surface area contributed by atoms with Crippen molar-refractivity contribution in [1.29, 1.82) is 0 Å². The number of hydrogen-bond donors (Lipinski definition) is 2. The first-order valence-corrected chi connectivity index (χ1v) is 12.3. The summed E-state index contributed by atoms with van der Waals surface area (Å²) in [5, 5.41) is 25.3. The van der Waals surface area contributed by atoms with E-state index in [1.807, 2.05) is 18.3 Å². The Kier molecular flexibility index (Phi) is 5.32. The summed E-state index contributed by atoms with van der Waals surface area (Å²) in [6.07, 6.45) is 4.52. The zero-order chi connectivity index (χ0) is 25.0. The lowest BCUT2D eigenvalue weighted by atomic mass is 9.89. The number of carbonyl (C=O) groups is 1. The molecule has 0 bridgehead atoms. The van der Waals surface area contributed by atoms with Crippen molar-refractivity contribution in [1.82, 2.24) is 25.2 Å². The zero-order valence-corrected chi connectivity index (χ0v) is 20.6. The summed E-state index contributed by atoms with van der Waals surface area (Å²) in [6, 6.07) is 15.0. The third-order valence-electron chi connectivity index (χ3n) is 7.48. The molecule has 2 aliphatic rings. The number of carboxylic acid groups (broad SMARTS) is 1. The minimum atomic E-state index is -0.717. The van der Waals surface area contributed by atoms with Gasteiger partial charge in [-0.15, -0.1) is 10.2 Å². The van der Waals surface area contributed by atoms with Crippen LogP contribution in [0.1, 0.15) is 52.6 Å². The molecule has 0 spiro atoms. The van der Waals surface area contributed by atoms with Crippen molar-refractivity contribution < 1.29 is 9.90 Å². The number of benzene rings is 2. The first-order chi connectivity index (χ1) is 17.4. The van der Waals surface area contributed by atoms with E-state index < -0.39 is 5.97 Å². The van der Waals surface area contributed by atoms with Gasteiger partial charge in [0.15, 0.2) is 0 Å². The maximum absolute atomic E-state index is 11.2. The Morgan fingerprint density at radius 1 is 1.14 bits per heavy atom. The van der Waals surface area contributed by atoms with Gasteiger partial charge in [0.2, 0.25) is 5.82 Å². The molecule has 36 heavy (non-hydrogen) atoms. The van der Waals surface area contributed by atoms with E-state index >= 15 is 0 Å². The third kappa shape index (κ3) is 3.92. The van der Waals surface area contributed by atoms with Crippen LogP contribution >= 0.6 is 0 Å². The molecule has 3 atom stereocenters. The second-order valence-electron chi connectivity index (χ2n) is 9.96. The smallest absolute Gasteiger partial charge is 0.307 e. The van der Waals surface area contributed by atoms with Crippen molar-refractivity contribution in [3.05, 3.63) is 76.5 Å². The maximum Gasteiger partial charge on any atom is 0.307 e. The van der Waals surface area contributed by atoms with Crippen LogP contribution in [-0.4, -0.2) is 36.3 Å². The van der Waals surface area contributed by atoms with Gasteiger partial charge in [-0.2, -0.15) is 4.80 Å². The monoisotopic (exact) mass is 480 g/mol. The molecule has 0 aliphatic heterocycles. The number of anilines is 1. The molecule has 6 rings (SSSR count). The van der Waals surface area contributed by atoms with E-state index in [0.29, 0.717) is 12.2 Å². The largest absolute Gasteiger partial charge is 0.481 e. The number of tetrazole rings is 1. The number of aryl methyl sites for hydroxylation is 3. The van der Waals surface area contributed by atoms with Gasteiger partial charge in [0.1, 0.15) is 5.82 Å². The number of nitrogens with zero attached hydrogens (tertiary/aromatic N) is 5. The van der Waals surface area contributed by atoms with Gasteiger partial charge in [-0.25, -0.2) is 4.98 Å². The van der Waals surface area contributed by atoms with Crippen LogP contribution in [0.3, 0.4) is 0 Å². The van der Waals surface area contributed by atoms with Crippen LogP contribution in [0.4, 0.5) is 5.82 Å². The van der Waals surface area contributed by atoms with E-state index in [1.54, 1.807) is 7.05 Å². The fourth-order valence-corrected chi connectivity index (χ4v) is 5.68. The molecule has 2 aliphatic carbocycles. The second-order valence-corrected chi connectivity index (χ2v) is 9.96. The highest BCUT2D eigenvalue weighted by atomic mass is 16.4. The van der Waals surface area contributed by atoms with Gasteiger partial charge < -0.3 is 10.4 Å². The summed E-state index contributed by atoms with van der Waals surface area (Å²) in [4.78, 5) is 17.2. The number of hydrogen-bond acceptors (Lipinski definition) is 6. The zero-order valence-electron chi connectivity index (χ0n) is 20.6. The molecular weight excluding hydrogens is 452 g/mol. The van der Waals surface area contributed by atoms with E-state index in [4.69, 9.17) is 0 Å². The molecule has 4 aromatic rings.